The van der Waals surface area contributed by atoms with Gasteiger partial charge in [0.25, 0.3) is 0 Å². The molecular weight excluding hydrogens is 212 g/mol. The fourth-order valence-corrected chi connectivity index (χ4v) is 2.04. The summed E-state index contributed by atoms with van der Waals surface area (Å²) >= 11 is 0. The topological polar surface area (TPSA) is 24.5 Å². The first-order valence-corrected chi connectivity index (χ1v) is 5.81. The smallest absolute Gasteiger partial charge is 0.0593 e. The number of hydrogen-bond donors (Lipinski definition) is 1. The van der Waals surface area contributed by atoms with E-state index in [1.165, 1.54) is 32.5 Å². The number of likely N-dealkylation sites (tertiary alicyclic amines) is 1. The van der Waals surface area contributed by atoms with Crippen molar-refractivity contribution in [2.24, 2.45) is 5.92 Å². The molecule has 0 unspecified atom stereocenters. The highest BCUT2D eigenvalue weighted by Crippen LogP contribution is 2.15. The second-order valence-electron chi connectivity index (χ2n) is 4.04. The molecule has 1 saturated heterocycles. The van der Waals surface area contributed by atoms with Crippen molar-refractivity contribution in [3.05, 3.63) is 0 Å². The Morgan fingerprint density at radius 2 is 2.00 bits per heavy atom. The van der Waals surface area contributed by atoms with Gasteiger partial charge in [-0.25, -0.2) is 0 Å². The molecule has 4 heteroatoms. The lowest BCUT2D eigenvalue weighted by molar-refractivity contribution is 0.0958. The van der Waals surface area contributed by atoms with Crippen LogP contribution in [0.3, 0.4) is 0 Å². The molecule has 0 amide bonds. The summed E-state index contributed by atoms with van der Waals surface area (Å²) in [6.45, 7) is 8.58. The van der Waals surface area contributed by atoms with Gasteiger partial charge in [-0.3, -0.25) is 0 Å². The minimum Gasteiger partial charge on any atom is -0.380 e. The predicted octanol–water partition coefficient (Wildman–Crippen LogP) is 1.38. The van der Waals surface area contributed by atoms with E-state index in [1.54, 1.807) is 0 Å². The van der Waals surface area contributed by atoms with Crippen molar-refractivity contribution < 1.29 is 4.74 Å². The normalized spacial score (nSPS) is 18.8. The van der Waals surface area contributed by atoms with Gasteiger partial charge in [-0.05, 0) is 52.4 Å². The van der Waals surface area contributed by atoms with Crippen molar-refractivity contribution in [3.8, 4) is 0 Å². The van der Waals surface area contributed by atoms with Crippen molar-refractivity contribution >= 4 is 12.4 Å². The molecule has 0 aromatic rings. The maximum Gasteiger partial charge on any atom is 0.0593 e. The van der Waals surface area contributed by atoms with Crippen LogP contribution >= 0.6 is 12.4 Å². The van der Waals surface area contributed by atoms with Crippen molar-refractivity contribution in [3.63, 3.8) is 0 Å². The van der Waals surface area contributed by atoms with Gasteiger partial charge in [0, 0.05) is 13.2 Å². The number of nitrogens with one attached hydrogen (secondary N) is 1. The van der Waals surface area contributed by atoms with E-state index in [0.29, 0.717) is 0 Å². The highest BCUT2D eigenvalue weighted by molar-refractivity contribution is 5.85. The minimum absolute atomic E-state index is 0. The number of hydrogen-bond acceptors (Lipinski definition) is 3. The van der Waals surface area contributed by atoms with Crippen molar-refractivity contribution in [2.75, 3.05) is 46.4 Å². The number of nitrogens with zero attached hydrogens (tertiary/aromatic N) is 1. The summed E-state index contributed by atoms with van der Waals surface area (Å²) in [7, 11) is 2.04. The van der Waals surface area contributed by atoms with E-state index in [2.05, 4.69) is 17.1 Å². The molecule has 15 heavy (non-hydrogen) atoms. The second-order valence-corrected chi connectivity index (χ2v) is 4.04. The van der Waals surface area contributed by atoms with Crippen molar-refractivity contribution in [2.45, 2.75) is 19.8 Å². The fraction of sp³-hybridized carbons (Fsp3) is 1.00. The maximum absolute atomic E-state index is 5.36. The second kappa shape index (κ2) is 9.40. The van der Waals surface area contributed by atoms with Gasteiger partial charge in [-0.2, -0.15) is 0 Å². The van der Waals surface area contributed by atoms with E-state index in [1.807, 2.05) is 7.05 Å². The van der Waals surface area contributed by atoms with Crippen LogP contribution in [0.2, 0.25) is 0 Å². The number of rotatable bonds is 6. The quantitative estimate of drug-likeness (QED) is 0.706. The molecule has 3 nitrogen and oxygen atoms in total. The van der Waals surface area contributed by atoms with Gasteiger partial charge in [0.2, 0.25) is 0 Å². The summed E-state index contributed by atoms with van der Waals surface area (Å²) in [4.78, 5) is 2.52. The van der Waals surface area contributed by atoms with Crippen LogP contribution in [0, 0.1) is 5.92 Å². The molecule has 0 aromatic carbocycles. The molecule has 1 rings (SSSR count). The third-order valence-corrected chi connectivity index (χ3v) is 2.96. The molecule has 0 saturated carbocycles. The van der Waals surface area contributed by atoms with Gasteiger partial charge >= 0.3 is 0 Å². The van der Waals surface area contributed by atoms with Crippen molar-refractivity contribution in [1.29, 1.82) is 0 Å². The first-order chi connectivity index (χ1) is 6.86. The van der Waals surface area contributed by atoms with E-state index in [4.69, 9.17) is 4.74 Å². The summed E-state index contributed by atoms with van der Waals surface area (Å²) in [5.74, 6) is 0.892. The van der Waals surface area contributed by atoms with E-state index < -0.39 is 0 Å². The molecule has 0 atom stereocenters. The van der Waals surface area contributed by atoms with Crippen LogP contribution in [0.5, 0.6) is 0 Å². The van der Waals surface area contributed by atoms with Gasteiger partial charge in [0.05, 0.1) is 6.61 Å². The zero-order chi connectivity index (χ0) is 10.2. The van der Waals surface area contributed by atoms with Crippen LogP contribution in [0.4, 0.5) is 0 Å². The fourth-order valence-electron chi connectivity index (χ4n) is 2.04. The Morgan fingerprint density at radius 1 is 1.33 bits per heavy atom. The largest absolute Gasteiger partial charge is 0.380 e. The van der Waals surface area contributed by atoms with Crippen LogP contribution < -0.4 is 5.32 Å². The summed E-state index contributed by atoms with van der Waals surface area (Å²) in [5, 5.41) is 3.26. The van der Waals surface area contributed by atoms with Crippen molar-refractivity contribution in [1.82, 2.24) is 10.2 Å². The predicted molar refractivity (Wildman–Crippen MR) is 66.8 cm³/mol. The molecule has 1 fully saturated rings. The van der Waals surface area contributed by atoms with Gasteiger partial charge in [0.1, 0.15) is 0 Å². The van der Waals surface area contributed by atoms with E-state index in [-0.39, 0.29) is 12.4 Å². The Labute approximate surface area is 100.0 Å². The van der Waals surface area contributed by atoms with E-state index in [9.17, 15) is 0 Å². The first-order valence-electron chi connectivity index (χ1n) is 5.81. The molecule has 92 valence electrons. The van der Waals surface area contributed by atoms with E-state index in [0.717, 1.165) is 25.7 Å². The minimum atomic E-state index is 0. The lowest BCUT2D eigenvalue weighted by Gasteiger charge is -2.31. The third-order valence-electron chi connectivity index (χ3n) is 2.96. The molecule has 1 aliphatic rings. The summed E-state index contributed by atoms with van der Waals surface area (Å²) < 4.78 is 5.36. The van der Waals surface area contributed by atoms with Crippen LogP contribution in [0.25, 0.3) is 0 Å². The zero-order valence-corrected chi connectivity index (χ0v) is 10.8. The SMILES string of the molecule is CCOCCN1CCC(CNC)CC1.Cl. The summed E-state index contributed by atoms with van der Waals surface area (Å²) in [6.07, 6.45) is 2.68. The Hall–Kier alpha value is 0.170. The van der Waals surface area contributed by atoms with E-state index >= 15 is 0 Å². The Bertz CT molecular complexity index is 139. The lowest BCUT2D eigenvalue weighted by Crippen LogP contribution is -2.38. The summed E-state index contributed by atoms with van der Waals surface area (Å²) in [6, 6.07) is 0. The molecule has 0 bridgehead atoms. The monoisotopic (exact) mass is 236 g/mol. The Balaban J connectivity index is 0.00000196. The molecular formula is C11H25ClN2O. The standard InChI is InChI=1S/C11H24N2O.ClH/c1-3-14-9-8-13-6-4-11(5-7-13)10-12-2;/h11-12H,3-10H2,1-2H3;1H. The number of piperidine rings is 1. The lowest BCUT2D eigenvalue weighted by atomic mass is 9.97. The zero-order valence-electron chi connectivity index (χ0n) is 10.00. The van der Waals surface area contributed by atoms with Crippen LogP contribution in [-0.2, 0) is 4.74 Å². The van der Waals surface area contributed by atoms with Crippen LogP contribution in [0.15, 0.2) is 0 Å². The van der Waals surface area contributed by atoms with Gasteiger partial charge in [-0.1, -0.05) is 0 Å². The molecule has 0 aromatic heterocycles. The van der Waals surface area contributed by atoms with Gasteiger partial charge < -0.3 is 15.0 Å². The highest BCUT2D eigenvalue weighted by Gasteiger charge is 2.17. The highest BCUT2D eigenvalue weighted by atomic mass is 35.5. The molecule has 1 aliphatic heterocycles. The molecule has 0 radical (unpaired) electrons. The Kier molecular flexibility index (Phi) is 9.51. The number of halogens is 1. The molecule has 1 heterocycles. The Morgan fingerprint density at radius 3 is 2.53 bits per heavy atom. The van der Waals surface area contributed by atoms with Gasteiger partial charge in [0.15, 0.2) is 0 Å². The van der Waals surface area contributed by atoms with Crippen LogP contribution in [0.1, 0.15) is 19.8 Å². The molecule has 0 spiro atoms. The summed E-state index contributed by atoms with van der Waals surface area (Å²) in [5.41, 5.74) is 0. The average molecular weight is 237 g/mol. The average Bonchev–Trinajstić information content (AvgIpc) is 2.21. The first kappa shape index (κ1) is 15.2. The molecule has 1 N–H and O–H groups in total. The maximum atomic E-state index is 5.36. The van der Waals surface area contributed by atoms with Crippen LogP contribution in [-0.4, -0.2) is 51.3 Å². The van der Waals surface area contributed by atoms with Gasteiger partial charge in [-0.15, -0.1) is 12.4 Å². The number of ether oxygens (including phenoxy) is 1. The molecule has 0 aliphatic carbocycles. The third kappa shape index (κ3) is 6.36.